The fourth-order valence-corrected chi connectivity index (χ4v) is 4.23. The van der Waals surface area contributed by atoms with Crippen molar-refractivity contribution in [1.29, 1.82) is 0 Å². The Labute approximate surface area is 82.9 Å². The zero-order valence-electron chi connectivity index (χ0n) is 9.76. The Hall–Kier alpha value is -0.100. The number of carbonyl (C=O) groups is 1. The van der Waals surface area contributed by atoms with Crippen molar-refractivity contribution in [2.24, 2.45) is 0 Å². The van der Waals surface area contributed by atoms with E-state index in [1.54, 1.807) is 0 Å². The molecule has 0 N–H and O–H groups in total. The van der Waals surface area contributed by atoms with Crippen molar-refractivity contribution in [2.45, 2.75) is 58.8 Å². The van der Waals surface area contributed by atoms with E-state index in [2.05, 4.69) is 41.5 Å². The zero-order valence-corrected chi connectivity index (χ0v) is 10.7. The molecule has 0 aliphatic rings. The molecule has 0 radical (unpaired) electrons. The van der Waals surface area contributed by atoms with Crippen LogP contribution in [0.25, 0.3) is 0 Å². The van der Waals surface area contributed by atoms with Gasteiger partial charge in [-0.15, -0.1) is 0 Å². The van der Waals surface area contributed by atoms with Gasteiger partial charge in [0.1, 0.15) is 8.15 Å². The smallest absolute Gasteiger partial charge is 0.305 e. The highest BCUT2D eigenvalue weighted by Crippen LogP contribution is 2.59. The highest BCUT2D eigenvalue weighted by atomic mass is 31.1. The first-order valence-electron chi connectivity index (χ1n) is 4.54. The van der Waals surface area contributed by atoms with Crippen molar-refractivity contribution >= 4 is 14.1 Å². The second-order valence-electron chi connectivity index (χ2n) is 5.22. The van der Waals surface area contributed by atoms with Gasteiger partial charge in [0.2, 0.25) is 0 Å². The molecule has 78 valence electrons. The maximum absolute atomic E-state index is 10.9. The van der Waals surface area contributed by atoms with E-state index in [1.165, 1.54) is 6.92 Å². The van der Waals surface area contributed by atoms with E-state index in [1.807, 2.05) is 0 Å². The number of hydrogen-bond acceptors (Lipinski definition) is 2. The van der Waals surface area contributed by atoms with Gasteiger partial charge in [0.15, 0.2) is 0 Å². The summed E-state index contributed by atoms with van der Waals surface area (Å²) >= 11 is 0. The summed E-state index contributed by atoms with van der Waals surface area (Å²) < 4.78 is 5.41. The summed E-state index contributed by atoms with van der Waals surface area (Å²) in [6, 6.07) is 0. The Morgan fingerprint density at radius 3 is 1.38 bits per heavy atom. The molecule has 0 unspecified atom stereocenters. The molecule has 0 spiro atoms. The molecular formula is C10H21O2P. The molecule has 0 rings (SSSR count). The molecule has 0 heterocycles. The maximum Gasteiger partial charge on any atom is 0.305 e. The monoisotopic (exact) mass is 204 g/mol. The fourth-order valence-electron chi connectivity index (χ4n) is 1.41. The lowest BCUT2D eigenvalue weighted by atomic mass is 10.2. The molecule has 0 bridgehead atoms. The molecule has 0 saturated heterocycles. The van der Waals surface area contributed by atoms with Gasteiger partial charge in [0.25, 0.3) is 0 Å². The van der Waals surface area contributed by atoms with Crippen molar-refractivity contribution in [3.05, 3.63) is 0 Å². The molecule has 0 saturated carbocycles. The molecule has 3 heteroatoms. The van der Waals surface area contributed by atoms with Crippen molar-refractivity contribution in [3.8, 4) is 0 Å². The lowest BCUT2D eigenvalue weighted by Gasteiger charge is -2.38. The molecule has 0 amide bonds. The zero-order chi connectivity index (χ0) is 10.9. The van der Waals surface area contributed by atoms with Crippen LogP contribution in [0, 0.1) is 0 Å². The van der Waals surface area contributed by atoms with E-state index < -0.39 is 8.15 Å². The second kappa shape index (κ2) is 3.96. The van der Waals surface area contributed by atoms with Crippen LogP contribution in [0.4, 0.5) is 0 Å². The Balaban J connectivity index is 4.68. The molecule has 0 aromatic heterocycles. The van der Waals surface area contributed by atoms with Crippen LogP contribution in [0.1, 0.15) is 48.5 Å². The Morgan fingerprint density at radius 2 is 1.31 bits per heavy atom. The SMILES string of the molecule is CC(=O)OP(C(C)(C)C)C(C)(C)C. The molecule has 0 aromatic carbocycles. The minimum atomic E-state index is -0.732. The summed E-state index contributed by atoms with van der Waals surface area (Å²) in [6.07, 6.45) is 0. The third-order valence-electron chi connectivity index (χ3n) is 1.44. The van der Waals surface area contributed by atoms with E-state index in [0.717, 1.165) is 0 Å². The average Bonchev–Trinajstić information content (AvgIpc) is 1.77. The van der Waals surface area contributed by atoms with Crippen molar-refractivity contribution in [1.82, 2.24) is 0 Å². The van der Waals surface area contributed by atoms with E-state index in [0.29, 0.717) is 0 Å². The minimum Gasteiger partial charge on any atom is -0.444 e. The summed E-state index contributed by atoms with van der Waals surface area (Å²) in [6.45, 7) is 14.2. The van der Waals surface area contributed by atoms with Gasteiger partial charge >= 0.3 is 5.97 Å². The van der Waals surface area contributed by atoms with Gasteiger partial charge in [-0.3, -0.25) is 4.79 Å². The number of carbonyl (C=O) groups excluding carboxylic acids is 1. The van der Waals surface area contributed by atoms with Crippen LogP contribution in [-0.4, -0.2) is 16.3 Å². The standard InChI is InChI=1S/C10H21O2P/c1-8(11)12-13(9(2,3)4)10(5,6)7/h1-7H3. The van der Waals surface area contributed by atoms with E-state index in [-0.39, 0.29) is 16.3 Å². The second-order valence-corrected chi connectivity index (χ2v) is 8.67. The molecule has 0 atom stereocenters. The van der Waals surface area contributed by atoms with Gasteiger partial charge in [-0.05, 0) is 0 Å². The summed E-state index contributed by atoms with van der Waals surface area (Å²) in [5, 5.41) is 0.110. The summed E-state index contributed by atoms with van der Waals surface area (Å²) in [5.74, 6) is -0.170. The van der Waals surface area contributed by atoms with Gasteiger partial charge in [0, 0.05) is 17.2 Å². The van der Waals surface area contributed by atoms with Gasteiger partial charge in [0.05, 0.1) is 0 Å². The van der Waals surface area contributed by atoms with Crippen LogP contribution in [0.3, 0.4) is 0 Å². The van der Waals surface area contributed by atoms with Crippen LogP contribution in [0.15, 0.2) is 0 Å². The quantitative estimate of drug-likeness (QED) is 0.610. The minimum absolute atomic E-state index is 0.0548. The lowest BCUT2D eigenvalue weighted by Crippen LogP contribution is -2.27. The normalized spacial score (nSPS) is 13.2. The highest BCUT2D eigenvalue weighted by molar-refractivity contribution is 7.56. The van der Waals surface area contributed by atoms with Crippen LogP contribution in [0.2, 0.25) is 0 Å². The first-order chi connectivity index (χ1) is 5.55. The maximum atomic E-state index is 10.9. The van der Waals surface area contributed by atoms with Gasteiger partial charge in [-0.1, -0.05) is 41.5 Å². The molecular weight excluding hydrogens is 183 g/mol. The molecule has 0 fully saturated rings. The third-order valence-corrected chi connectivity index (χ3v) is 4.32. The van der Waals surface area contributed by atoms with E-state index in [4.69, 9.17) is 4.52 Å². The predicted molar refractivity (Wildman–Crippen MR) is 58.2 cm³/mol. The molecule has 2 nitrogen and oxygen atoms in total. The third kappa shape index (κ3) is 4.61. The molecule has 0 aliphatic carbocycles. The van der Waals surface area contributed by atoms with E-state index >= 15 is 0 Å². The first kappa shape index (κ1) is 12.9. The Bertz CT molecular complexity index is 172. The van der Waals surface area contributed by atoms with Crippen molar-refractivity contribution < 1.29 is 9.32 Å². The van der Waals surface area contributed by atoms with Crippen molar-refractivity contribution in [3.63, 3.8) is 0 Å². The van der Waals surface area contributed by atoms with Crippen LogP contribution in [-0.2, 0) is 9.32 Å². The first-order valence-corrected chi connectivity index (χ1v) is 5.80. The fraction of sp³-hybridized carbons (Fsp3) is 0.900. The van der Waals surface area contributed by atoms with Gasteiger partial charge in [-0.2, -0.15) is 0 Å². The molecule has 0 aliphatic heterocycles. The van der Waals surface area contributed by atoms with E-state index in [9.17, 15) is 4.79 Å². The Kier molecular flexibility index (Phi) is 3.93. The van der Waals surface area contributed by atoms with Crippen LogP contribution in [0.5, 0.6) is 0 Å². The lowest BCUT2D eigenvalue weighted by molar-refractivity contribution is -0.131. The summed E-state index contributed by atoms with van der Waals surface area (Å²) in [7, 11) is -0.732. The topological polar surface area (TPSA) is 26.3 Å². The summed E-state index contributed by atoms with van der Waals surface area (Å²) in [5.41, 5.74) is 0. The van der Waals surface area contributed by atoms with Crippen LogP contribution >= 0.6 is 8.15 Å². The van der Waals surface area contributed by atoms with Gasteiger partial charge in [-0.25, -0.2) is 0 Å². The molecule has 0 aromatic rings. The Morgan fingerprint density at radius 1 is 1.00 bits per heavy atom. The largest absolute Gasteiger partial charge is 0.444 e. The van der Waals surface area contributed by atoms with Crippen molar-refractivity contribution in [2.75, 3.05) is 0 Å². The van der Waals surface area contributed by atoms with Gasteiger partial charge < -0.3 is 4.52 Å². The predicted octanol–water partition coefficient (Wildman–Crippen LogP) is 3.54. The average molecular weight is 204 g/mol. The summed E-state index contributed by atoms with van der Waals surface area (Å²) in [4.78, 5) is 10.9. The molecule has 13 heavy (non-hydrogen) atoms. The van der Waals surface area contributed by atoms with Crippen LogP contribution < -0.4 is 0 Å². The number of rotatable bonds is 1. The highest BCUT2D eigenvalue weighted by Gasteiger charge is 2.38. The number of hydrogen-bond donors (Lipinski definition) is 0.